The predicted molar refractivity (Wildman–Crippen MR) is 66.7 cm³/mol. The summed E-state index contributed by atoms with van der Waals surface area (Å²) in [5.41, 5.74) is 1.68. The Hall–Kier alpha value is -1.84. The zero-order valence-electron chi connectivity index (χ0n) is 10.2. The van der Waals surface area contributed by atoms with E-state index in [1.165, 1.54) is 0 Å². The summed E-state index contributed by atoms with van der Waals surface area (Å²) in [6, 6.07) is 5.80. The Morgan fingerprint density at radius 1 is 1.47 bits per heavy atom. The molecule has 2 heterocycles. The summed E-state index contributed by atoms with van der Waals surface area (Å²) in [7, 11) is 0. The molecule has 0 saturated carbocycles. The number of pyridine rings is 1. The Morgan fingerprint density at radius 3 is 3.00 bits per heavy atom. The molecule has 0 saturated heterocycles. The second kappa shape index (κ2) is 4.99. The van der Waals surface area contributed by atoms with E-state index in [1.54, 1.807) is 0 Å². The number of rotatable bonds is 4. The van der Waals surface area contributed by atoms with Gasteiger partial charge >= 0.3 is 0 Å². The molecular weight excluding hydrogens is 214 g/mol. The molecular formula is C13H17N3O. The molecule has 0 aromatic carbocycles. The van der Waals surface area contributed by atoms with E-state index in [9.17, 15) is 4.79 Å². The van der Waals surface area contributed by atoms with Crippen LogP contribution in [0.1, 0.15) is 19.5 Å². The molecule has 1 N–H and O–H groups in total. The van der Waals surface area contributed by atoms with Crippen molar-refractivity contribution in [2.75, 3.05) is 6.54 Å². The van der Waals surface area contributed by atoms with Crippen molar-refractivity contribution in [2.24, 2.45) is 5.92 Å². The number of hydrogen-bond acceptors (Lipinski definition) is 2. The number of nitrogens with zero attached hydrogens (tertiary/aromatic N) is 2. The third-order valence-corrected chi connectivity index (χ3v) is 2.46. The lowest BCUT2D eigenvalue weighted by Crippen LogP contribution is -2.28. The standard InChI is InChI=1S/C13H17N3O/c1-10(2)8-14-13(17)7-11-9-16-6-4-3-5-12(16)15-11/h3-6,9-10H,7-8H2,1-2H3,(H,14,17). The van der Waals surface area contributed by atoms with Crippen molar-refractivity contribution >= 4 is 11.6 Å². The highest BCUT2D eigenvalue weighted by atomic mass is 16.1. The van der Waals surface area contributed by atoms with E-state index >= 15 is 0 Å². The molecule has 0 bridgehead atoms. The van der Waals surface area contributed by atoms with Crippen molar-refractivity contribution in [2.45, 2.75) is 20.3 Å². The molecule has 2 aromatic heterocycles. The molecule has 0 spiro atoms. The third-order valence-electron chi connectivity index (χ3n) is 2.46. The molecule has 17 heavy (non-hydrogen) atoms. The zero-order chi connectivity index (χ0) is 12.3. The van der Waals surface area contributed by atoms with E-state index in [2.05, 4.69) is 24.1 Å². The van der Waals surface area contributed by atoms with Crippen molar-refractivity contribution < 1.29 is 4.79 Å². The summed E-state index contributed by atoms with van der Waals surface area (Å²) >= 11 is 0. The van der Waals surface area contributed by atoms with Gasteiger partial charge in [-0.1, -0.05) is 19.9 Å². The van der Waals surface area contributed by atoms with E-state index in [4.69, 9.17) is 0 Å². The molecule has 0 radical (unpaired) electrons. The number of aromatic nitrogens is 2. The predicted octanol–water partition coefficient (Wildman–Crippen LogP) is 1.65. The van der Waals surface area contributed by atoms with Crippen molar-refractivity contribution in [3.63, 3.8) is 0 Å². The van der Waals surface area contributed by atoms with Gasteiger partial charge in [-0.3, -0.25) is 4.79 Å². The van der Waals surface area contributed by atoms with Crippen LogP contribution in [0.3, 0.4) is 0 Å². The number of hydrogen-bond donors (Lipinski definition) is 1. The van der Waals surface area contributed by atoms with Crippen molar-refractivity contribution in [3.05, 3.63) is 36.3 Å². The molecule has 0 fully saturated rings. The van der Waals surface area contributed by atoms with Crippen LogP contribution in [0, 0.1) is 5.92 Å². The largest absolute Gasteiger partial charge is 0.356 e. The number of fused-ring (bicyclic) bond motifs is 1. The molecule has 4 nitrogen and oxygen atoms in total. The first kappa shape index (κ1) is 11.6. The highest BCUT2D eigenvalue weighted by Gasteiger charge is 2.07. The maximum absolute atomic E-state index is 11.6. The Bertz CT molecular complexity index is 483. The fourth-order valence-corrected chi connectivity index (χ4v) is 1.62. The third kappa shape index (κ3) is 3.06. The van der Waals surface area contributed by atoms with E-state index in [1.807, 2.05) is 35.0 Å². The lowest BCUT2D eigenvalue weighted by atomic mass is 10.2. The van der Waals surface area contributed by atoms with Crippen molar-refractivity contribution in [3.8, 4) is 0 Å². The lowest BCUT2D eigenvalue weighted by molar-refractivity contribution is -0.120. The Kier molecular flexibility index (Phi) is 3.42. The fraction of sp³-hybridized carbons (Fsp3) is 0.385. The van der Waals surface area contributed by atoms with Crippen molar-refractivity contribution in [1.82, 2.24) is 14.7 Å². The van der Waals surface area contributed by atoms with Gasteiger partial charge in [-0.05, 0) is 18.1 Å². The average molecular weight is 231 g/mol. The number of carbonyl (C=O) groups is 1. The summed E-state index contributed by atoms with van der Waals surface area (Å²) in [5, 5.41) is 2.89. The van der Waals surface area contributed by atoms with Crippen LogP contribution >= 0.6 is 0 Å². The van der Waals surface area contributed by atoms with Gasteiger partial charge in [-0.25, -0.2) is 4.98 Å². The molecule has 90 valence electrons. The van der Waals surface area contributed by atoms with Gasteiger partial charge in [0.1, 0.15) is 5.65 Å². The maximum atomic E-state index is 11.6. The highest BCUT2D eigenvalue weighted by Crippen LogP contribution is 2.05. The second-order valence-electron chi connectivity index (χ2n) is 4.57. The Labute approximate surface area is 101 Å². The van der Waals surface area contributed by atoms with Crippen LogP contribution < -0.4 is 5.32 Å². The molecule has 0 aliphatic heterocycles. The van der Waals surface area contributed by atoms with E-state index in [0.717, 1.165) is 11.3 Å². The number of carbonyl (C=O) groups excluding carboxylic acids is 1. The monoisotopic (exact) mass is 231 g/mol. The average Bonchev–Trinajstić information content (AvgIpc) is 2.68. The van der Waals surface area contributed by atoms with Gasteiger partial charge in [0.2, 0.25) is 5.91 Å². The van der Waals surface area contributed by atoms with Gasteiger partial charge in [0, 0.05) is 18.9 Å². The first-order valence-corrected chi connectivity index (χ1v) is 5.84. The number of nitrogens with one attached hydrogen (secondary N) is 1. The van der Waals surface area contributed by atoms with Crippen LogP contribution in [0.4, 0.5) is 0 Å². The van der Waals surface area contributed by atoms with Gasteiger partial charge in [-0.15, -0.1) is 0 Å². The van der Waals surface area contributed by atoms with Crippen LogP contribution in [-0.2, 0) is 11.2 Å². The minimum atomic E-state index is 0.0297. The molecule has 1 amide bonds. The number of amides is 1. The molecule has 0 aliphatic carbocycles. The summed E-state index contributed by atoms with van der Waals surface area (Å²) in [6.45, 7) is 4.86. The Balaban J connectivity index is 2.01. The number of imidazole rings is 1. The minimum Gasteiger partial charge on any atom is -0.356 e. The van der Waals surface area contributed by atoms with Crippen LogP contribution in [-0.4, -0.2) is 21.8 Å². The normalized spacial score (nSPS) is 11.0. The zero-order valence-corrected chi connectivity index (χ0v) is 10.2. The lowest BCUT2D eigenvalue weighted by Gasteiger charge is -2.05. The van der Waals surface area contributed by atoms with Gasteiger partial charge < -0.3 is 9.72 Å². The van der Waals surface area contributed by atoms with E-state index < -0.39 is 0 Å². The first-order valence-electron chi connectivity index (χ1n) is 5.84. The molecule has 0 atom stereocenters. The van der Waals surface area contributed by atoms with Gasteiger partial charge in [-0.2, -0.15) is 0 Å². The summed E-state index contributed by atoms with van der Waals surface area (Å²) in [4.78, 5) is 16.0. The SMILES string of the molecule is CC(C)CNC(=O)Cc1cn2ccccc2n1. The van der Waals surface area contributed by atoms with Gasteiger partial charge in [0.25, 0.3) is 0 Å². The van der Waals surface area contributed by atoms with Gasteiger partial charge in [0.05, 0.1) is 12.1 Å². The van der Waals surface area contributed by atoms with Crippen molar-refractivity contribution in [1.29, 1.82) is 0 Å². The molecule has 0 unspecified atom stereocenters. The highest BCUT2D eigenvalue weighted by molar-refractivity contribution is 5.78. The fourth-order valence-electron chi connectivity index (χ4n) is 1.62. The maximum Gasteiger partial charge on any atom is 0.226 e. The first-order chi connectivity index (χ1) is 8.15. The van der Waals surface area contributed by atoms with Gasteiger partial charge in [0.15, 0.2) is 0 Å². The summed E-state index contributed by atoms with van der Waals surface area (Å²) < 4.78 is 1.92. The molecule has 4 heteroatoms. The molecule has 0 aliphatic rings. The quantitative estimate of drug-likeness (QED) is 0.869. The van der Waals surface area contributed by atoms with Crippen LogP contribution in [0.25, 0.3) is 5.65 Å². The van der Waals surface area contributed by atoms with Crippen LogP contribution in [0.2, 0.25) is 0 Å². The minimum absolute atomic E-state index is 0.0297. The second-order valence-corrected chi connectivity index (χ2v) is 4.57. The molecule has 2 aromatic rings. The molecule has 2 rings (SSSR count). The van der Waals surface area contributed by atoms with Crippen LogP contribution in [0.5, 0.6) is 0 Å². The summed E-state index contributed by atoms with van der Waals surface area (Å²) in [6.07, 6.45) is 4.16. The summed E-state index contributed by atoms with van der Waals surface area (Å²) in [5.74, 6) is 0.502. The van der Waals surface area contributed by atoms with Crippen LogP contribution in [0.15, 0.2) is 30.6 Å². The smallest absolute Gasteiger partial charge is 0.226 e. The van der Waals surface area contributed by atoms with E-state index in [-0.39, 0.29) is 5.91 Å². The van der Waals surface area contributed by atoms with E-state index in [0.29, 0.717) is 18.9 Å². The Morgan fingerprint density at radius 2 is 2.29 bits per heavy atom. The topological polar surface area (TPSA) is 46.4 Å².